The van der Waals surface area contributed by atoms with Gasteiger partial charge in [-0.1, -0.05) is 0 Å². The van der Waals surface area contributed by atoms with E-state index in [2.05, 4.69) is 20.1 Å². The molecular weight excluding hydrogens is 204 g/mol. The Morgan fingerprint density at radius 1 is 1.06 bits per heavy atom. The first-order chi connectivity index (χ1) is 7.84. The van der Waals surface area contributed by atoms with Crippen molar-refractivity contribution in [3.05, 3.63) is 36.9 Å². The lowest BCUT2D eigenvalue weighted by molar-refractivity contribution is 0.918. The number of hydrogen-bond donors (Lipinski definition) is 1. The second-order valence-corrected chi connectivity index (χ2v) is 3.26. The van der Waals surface area contributed by atoms with E-state index in [0.29, 0.717) is 0 Å². The number of rotatable bonds is 1. The fourth-order valence-electron chi connectivity index (χ4n) is 1.54. The largest absolute Gasteiger partial charge is 0.367 e. The van der Waals surface area contributed by atoms with Crippen LogP contribution in [0.3, 0.4) is 0 Å². The zero-order valence-corrected chi connectivity index (χ0v) is 8.28. The second-order valence-electron chi connectivity index (χ2n) is 3.26. The van der Waals surface area contributed by atoms with Gasteiger partial charge in [-0.05, 0) is 12.1 Å². The van der Waals surface area contributed by atoms with Gasteiger partial charge in [-0.25, -0.2) is 9.50 Å². The zero-order chi connectivity index (χ0) is 11.0. The van der Waals surface area contributed by atoms with E-state index in [1.165, 1.54) is 0 Å². The first-order valence-electron chi connectivity index (χ1n) is 4.71. The fraction of sp³-hybridized carbons (Fsp3) is 0. The normalized spacial score (nSPS) is 10.8. The van der Waals surface area contributed by atoms with Crippen LogP contribution in [0.2, 0.25) is 0 Å². The summed E-state index contributed by atoms with van der Waals surface area (Å²) in [5.41, 5.74) is 8.02. The van der Waals surface area contributed by atoms with Gasteiger partial charge < -0.3 is 5.73 Å². The van der Waals surface area contributed by atoms with Crippen LogP contribution in [0.25, 0.3) is 16.9 Å². The highest BCUT2D eigenvalue weighted by Gasteiger charge is 2.07. The van der Waals surface area contributed by atoms with Crippen LogP contribution in [-0.4, -0.2) is 24.6 Å². The highest BCUT2D eigenvalue weighted by molar-refractivity contribution is 5.62. The third kappa shape index (κ3) is 1.28. The van der Waals surface area contributed by atoms with Crippen LogP contribution >= 0.6 is 0 Å². The molecule has 78 valence electrons. The first kappa shape index (κ1) is 8.78. The maximum Gasteiger partial charge on any atom is 0.238 e. The van der Waals surface area contributed by atoms with Crippen molar-refractivity contribution in [1.29, 1.82) is 0 Å². The van der Waals surface area contributed by atoms with Crippen LogP contribution in [0, 0.1) is 0 Å². The van der Waals surface area contributed by atoms with Crippen LogP contribution in [0.5, 0.6) is 0 Å². The lowest BCUT2D eigenvalue weighted by Crippen LogP contribution is -2.01. The van der Waals surface area contributed by atoms with Gasteiger partial charge in [0, 0.05) is 12.4 Å². The molecule has 3 aromatic heterocycles. The average molecular weight is 212 g/mol. The summed E-state index contributed by atoms with van der Waals surface area (Å²) in [5, 5.41) is 4.13. The molecule has 6 heteroatoms. The third-order valence-corrected chi connectivity index (χ3v) is 2.24. The smallest absolute Gasteiger partial charge is 0.238 e. The minimum Gasteiger partial charge on any atom is -0.367 e. The van der Waals surface area contributed by atoms with Gasteiger partial charge in [0.15, 0.2) is 0 Å². The Kier molecular flexibility index (Phi) is 1.79. The van der Waals surface area contributed by atoms with Gasteiger partial charge in [0.25, 0.3) is 0 Å². The van der Waals surface area contributed by atoms with E-state index in [-0.39, 0.29) is 5.95 Å². The number of anilines is 1. The molecule has 0 aromatic carbocycles. The van der Waals surface area contributed by atoms with Gasteiger partial charge in [-0.2, -0.15) is 0 Å². The lowest BCUT2D eigenvalue weighted by atomic mass is 10.3. The summed E-state index contributed by atoms with van der Waals surface area (Å²) in [6, 6.07) is 3.82. The Labute approximate surface area is 90.8 Å². The quantitative estimate of drug-likeness (QED) is 0.644. The Hall–Kier alpha value is -2.50. The van der Waals surface area contributed by atoms with Crippen LogP contribution in [0.1, 0.15) is 0 Å². The monoisotopic (exact) mass is 212 g/mol. The molecule has 0 fully saturated rings. The van der Waals surface area contributed by atoms with Crippen molar-refractivity contribution in [1.82, 2.24) is 24.6 Å². The lowest BCUT2D eigenvalue weighted by Gasteiger charge is -2.00. The van der Waals surface area contributed by atoms with Gasteiger partial charge >= 0.3 is 0 Å². The van der Waals surface area contributed by atoms with Crippen molar-refractivity contribution in [3.63, 3.8) is 0 Å². The molecule has 0 bridgehead atoms. The molecule has 3 rings (SSSR count). The molecule has 0 radical (unpaired) electrons. The molecule has 0 saturated carbocycles. The highest BCUT2D eigenvalue weighted by Crippen LogP contribution is 2.18. The van der Waals surface area contributed by atoms with E-state index in [0.717, 1.165) is 16.9 Å². The number of hydrogen-bond acceptors (Lipinski definition) is 5. The summed E-state index contributed by atoms with van der Waals surface area (Å²) < 4.78 is 1.70. The van der Waals surface area contributed by atoms with Gasteiger partial charge in [0.05, 0.1) is 23.6 Å². The molecule has 0 aliphatic carbocycles. The Bertz CT molecular complexity index is 630. The molecule has 0 amide bonds. The van der Waals surface area contributed by atoms with Crippen LogP contribution < -0.4 is 5.73 Å². The minimum absolute atomic E-state index is 0.230. The maximum absolute atomic E-state index is 5.55. The second kappa shape index (κ2) is 3.27. The van der Waals surface area contributed by atoms with Gasteiger partial charge in [0.1, 0.15) is 5.69 Å². The van der Waals surface area contributed by atoms with E-state index >= 15 is 0 Å². The standard InChI is InChI=1S/C10H8N6/c11-10-14-5-7-1-2-9(16(7)15-10)8-6-12-3-4-13-8/h1-6H,(H2,11,15). The van der Waals surface area contributed by atoms with Crippen molar-refractivity contribution in [2.45, 2.75) is 0 Å². The molecule has 2 N–H and O–H groups in total. The number of nitrogen functional groups attached to an aromatic ring is 1. The number of nitrogens with zero attached hydrogens (tertiary/aromatic N) is 5. The molecule has 16 heavy (non-hydrogen) atoms. The summed E-state index contributed by atoms with van der Waals surface area (Å²) in [7, 11) is 0. The molecule has 0 saturated heterocycles. The zero-order valence-electron chi connectivity index (χ0n) is 8.28. The summed E-state index contributed by atoms with van der Waals surface area (Å²) in [6.07, 6.45) is 6.62. The van der Waals surface area contributed by atoms with E-state index in [4.69, 9.17) is 5.73 Å². The minimum atomic E-state index is 0.230. The van der Waals surface area contributed by atoms with E-state index < -0.39 is 0 Å². The van der Waals surface area contributed by atoms with Crippen molar-refractivity contribution >= 4 is 11.5 Å². The first-order valence-corrected chi connectivity index (χ1v) is 4.71. The van der Waals surface area contributed by atoms with E-state index in [9.17, 15) is 0 Å². The molecule has 3 heterocycles. The average Bonchev–Trinajstić information content (AvgIpc) is 2.73. The summed E-state index contributed by atoms with van der Waals surface area (Å²) in [5.74, 6) is 0.230. The molecular formula is C10H8N6. The van der Waals surface area contributed by atoms with Crippen molar-refractivity contribution in [2.75, 3.05) is 5.73 Å². The van der Waals surface area contributed by atoms with Crippen molar-refractivity contribution in [2.24, 2.45) is 0 Å². The van der Waals surface area contributed by atoms with Gasteiger partial charge in [-0.15, -0.1) is 5.10 Å². The van der Waals surface area contributed by atoms with Crippen LogP contribution in [0.4, 0.5) is 5.95 Å². The molecule has 6 nitrogen and oxygen atoms in total. The molecule has 0 aliphatic heterocycles. The molecule has 0 aliphatic rings. The Morgan fingerprint density at radius 2 is 2.00 bits per heavy atom. The predicted molar refractivity (Wildman–Crippen MR) is 58.4 cm³/mol. The summed E-state index contributed by atoms with van der Waals surface area (Å²) in [4.78, 5) is 12.2. The van der Waals surface area contributed by atoms with E-state index in [1.807, 2.05) is 12.1 Å². The maximum atomic E-state index is 5.55. The van der Waals surface area contributed by atoms with Crippen LogP contribution in [-0.2, 0) is 0 Å². The highest BCUT2D eigenvalue weighted by atomic mass is 15.3. The fourth-order valence-corrected chi connectivity index (χ4v) is 1.54. The number of nitrogens with two attached hydrogens (primary N) is 1. The summed E-state index contributed by atoms with van der Waals surface area (Å²) in [6.45, 7) is 0. The van der Waals surface area contributed by atoms with Gasteiger partial charge in [-0.3, -0.25) is 9.97 Å². The van der Waals surface area contributed by atoms with Gasteiger partial charge in [0.2, 0.25) is 5.95 Å². The number of fused-ring (bicyclic) bond motifs is 1. The SMILES string of the molecule is Nc1ncc2ccc(-c3cnccn3)n2n1. The van der Waals surface area contributed by atoms with Crippen molar-refractivity contribution in [3.8, 4) is 11.4 Å². The van der Waals surface area contributed by atoms with Crippen LogP contribution in [0.15, 0.2) is 36.9 Å². The predicted octanol–water partition coefficient (Wildman–Crippen LogP) is 0.768. The molecule has 0 atom stereocenters. The molecule has 3 aromatic rings. The Balaban J connectivity index is 2.29. The third-order valence-electron chi connectivity index (χ3n) is 2.24. The molecule has 0 unspecified atom stereocenters. The van der Waals surface area contributed by atoms with Crippen molar-refractivity contribution < 1.29 is 0 Å². The molecule has 0 spiro atoms. The topological polar surface area (TPSA) is 82.0 Å². The summed E-state index contributed by atoms with van der Waals surface area (Å²) >= 11 is 0. The number of aromatic nitrogens is 5. The Morgan fingerprint density at radius 3 is 2.81 bits per heavy atom. The van der Waals surface area contributed by atoms with E-state index in [1.54, 1.807) is 29.3 Å².